The van der Waals surface area contributed by atoms with Crippen LogP contribution >= 0.6 is 0 Å². The number of carbonyl (C=O) groups is 2. The summed E-state index contributed by atoms with van der Waals surface area (Å²) in [6.07, 6.45) is 5.62. The molecule has 0 aliphatic carbocycles. The first-order chi connectivity index (χ1) is 11.8. The zero-order valence-electron chi connectivity index (χ0n) is 16.8. The van der Waals surface area contributed by atoms with Gasteiger partial charge < -0.3 is 0 Å². The third-order valence-electron chi connectivity index (χ3n) is 3.23. The number of unbranched alkanes of at least 4 members (excludes halogenated alkanes) is 1. The molecule has 0 atom stereocenters. The van der Waals surface area contributed by atoms with Gasteiger partial charge in [0, 0.05) is 39.3 Å². The van der Waals surface area contributed by atoms with E-state index in [1.165, 1.54) is 10.2 Å². The zero-order valence-corrected chi connectivity index (χ0v) is 16.8. The SMILES string of the molecule is C=C(CCC)C(=O)N(NC)NC.CCCC=C(C)C(=O)N(NC)NC. The maximum Gasteiger partial charge on any atom is 0.278 e. The maximum absolute atomic E-state index is 11.5. The Morgan fingerprint density at radius 2 is 1.32 bits per heavy atom. The lowest BCUT2D eigenvalue weighted by atomic mass is 10.2. The summed E-state index contributed by atoms with van der Waals surface area (Å²) in [6, 6.07) is 0. The smallest absolute Gasteiger partial charge is 0.267 e. The maximum atomic E-state index is 11.5. The number of hydrogen-bond acceptors (Lipinski definition) is 6. The lowest BCUT2D eigenvalue weighted by Gasteiger charge is -2.20. The van der Waals surface area contributed by atoms with Crippen LogP contribution in [0.25, 0.3) is 0 Å². The van der Waals surface area contributed by atoms with E-state index < -0.39 is 0 Å². The van der Waals surface area contributed by atoms with Crippen LogP contribution in [0.5, 0.6) is 0 Å². The fourth-order valence-corrected chi connectivity index (χ4v) is 1.82. The molecule has 25 heavy (non-hydrogen) atoms. The number of hydrogen-bond donors (Lipinski definition) is 4. The summed E-state index contributed by atoms with van der Waals surface area (Å²) in [6.45, 7) is 9.61. The number of allylic oxidation sites excluding steroid dienone is 1. The van der Waals surface area contributed by atoms with Crippen molar-refractivity contribution in [1.29, 1.82) is 0 Å². The molecule has 0 aliphatic rings. The summed E-state index contributed by atoms with van der Waals surface area (Å²) >= 11 is 0. The average molecular weight is 357 g/mol. The van der Waals surface area contributed by atoms with Gasteiger partial charge >= 0.3 is 0 Å². The molecule has 0 radical (unpaired) electrons. The number of hydrazine groups is 4. The van der Waals surface area contributed by atoms with Gasteiger partial charge in [-0.05, 0) is 19.8 Å². The Bertz CT molecular complexity index is 429. The minimum Gasteiger partial charge on any atom is -0.267 e. The monoisotopic (exact) mass is 356 g/mol. The van der Waals surface area contributed by atoms with E-state index in [0.717, 1.165) is 31.3 Å². The average Bonchev–Trinajstić information content (AvgIpc) is 2.62. The highest BCUT2D eigenvalue weighted by Gasteiger charge is 2.12. The molecule has 0 spiro atoms. The van der Waals surface area contributed by atoms with Crippen molar-refractivity contribution >= 4 is 11.8 Å². The number of nitrogens with one attached hydrogen (secondary N) is 4. The Balaban J connectivity index is 0. The van der Waals surface area contributed by atoms with Gasteiger partial charge in [0.05, 0.1) is 0 Å². The van der Waals surface area contributed by atoms with Crippen LogP contribution in [0.2, 0.25) is 0 Å². The summed E-state index contributed by atoms with van der Waals surface area (Å²) < 4.78 is 0. The Labute approximate surface area is 152 Å². The fraction of sp³-hybridized carbons (Fsp3) is 0.647. The van der Waals surface area contributed by atoms with E-state index in [1.54, 1.807) is 28.2 Å². The normalized spacial score (nSPS) is 10.6. The third kappa shape index (κ3) is 10.7. The molecule has 8 nitrogen and oxygen atoms in total. The molecule has 0 saturated heterocycles. The quantitative estimate of drug-likeness (QED) is 0.348. The summed E-state index contributed by atoms with van der Waals surface area (Å²) in [4.78, 5) is 22.9. The van der Waals surface area contributed by atoms with Crippen molar-refractivity contribution in [2.45, 2.75) is 46.5 Å². The molecule has 2 amide bonds. The number of carbonyl (C=O) groups excluding carboxylic acids is 2. The van der Waals surface area contributed by atoms with E-state index in [1.807, 2.05) is 19.9 Å². The van der Waals surface area contributed by atoms with Crippen molar-refractivity contribution < 1.29 is 9.59 Å². The van der Waals surface area contributed by atoms with Gasteiger partial charge in [0.1, 0.15) is 0 Å². The molecule has 146 valence electrons. The van der Waals surface area contributed by atoms with Crippen molar-refractivity contribution in [2.24, 2.45) is 0 Å². The molecule has 4 N–H and O–H groups in total. The number of rotatable bonds is 10. The van der Waals surface area contributed by atoms with E-state index in [2.05, 4.69) is 35.2 Å². The van der Waals surface area contributed by atoms with Crippen LogP contribution in [0.15, 0.2) is 23.8 Å². The van der Waals surface area contributed by atoms with E-state index in [4.69, 9.17) is 0 Å². The first kappa shape index (κ1) is 25.5. The van der Waals surface area contributed by atoms with E-state index in [0.29, 0.717) is 5.57 Å². The molecule has 8 heteroatoms. The van der Waals surface area contributed by atoms with Gasteiger partial charge in [-0.25, -0.2) is 31.9 Å². The lowest BCUT2D eigenvalue weighted by molar-refractivity contribution is -0.133. The molecule has 0 fully saturated rings. The highest BCUT2D eigenvalue weighted by molar-refractivity contribution is 5.92. The van der Waals surface area contributed by atoms with Crippen molar-refractivity contribution in [3.63, 3.8) is 0 Å². The second kappa shape index (κ2) is 15.8. The van der Waals surface area contributed by atoms with Gasteiger partial charge in [-0.3, -0.25) is 9.59 Å². The van der Waals surface area contributed by atoms with Crippen molar-refractivity contribution in [2.75, 3.05) is 28.2 Å². The van der Waals surface area contributed by atoms with Gasteiger partial charge in [0.25, 0.3) is 11.8 Å². The number of amides is 2. The van der Waals surface area contributed by atoms with Crippen LogP contribution in [0.4, 0.5) is 0 Å². The molecule has 0 aromatic rings. The predicted octanol–water partition coefficient (Wildman–Crippen LogP) is 1.27. The van der Waals surface area contributed by atoms with Crippen LogP contribution in [0.3, 0.4) is 0 Å². The fourth-order valence-electron chi connectivity index (χ4n) is 1.82. The van der Waals surface area contributed by atoms with Crippen LogP contribution < -0.4 is 21.7 Å². The molecular formula is C17H36N6O2. The first-order valence-electron chi connectivity index (χ1n) is 8.57. The third-order valence-corrected chi connectivity index (χ3v) is 3.23. The van der Waals surface area contributed by atoms with Crippen LogP contribution in [-0.4, -0.2) is 50.2 Å². The van der Waals surface area contributed by atoms with Crippen molar-refractivity contribution in [3.8, 4) is 0 Å². The molecule has 0 bridgehead atoms. The van der Waals surface area contributed by atoms with Gasteiger partial charge in [0.2, 0.25) is 0 Å². The van der Waals surface area contributed by atoms with Gasteiger partial charge in [-0.1, -0.05) is 39.3 Å². The molecular weight excluding hydrogens is 320 g/mol. The Morgan fingerprint density at radius 1 is 0.880 bits per heavy atom. The minimum atomic E-state index is -0.109. The lowest BCUT2D eigenvalue weighted by Crippen LogP contribution is -2.48. The summed E-state index contributed by atoms with van der Waals surface area (Å²) in [5.41, 5.74) is 12.3. The second-order valence-electron chi connectivity index (χ2n) is 5.20. The molecule has 0 rings (SSSR count). The van der Waals surface area contributed by atoms with Gasteiger partial charge in [0.15, 0.2) is 0 Å². The molecule has 0 unspecified atom stereocenters. The molecule has 0 saturated carbocycles. The largest absolute Gasteiger partial charge is 0.278 e. The number of nitrogens with zero attached hydrogens (tertiary/aromatic N) is 2. The Hall–Kier alpha value is -1.74. The van der Waals surface area contributed by atoms with Gasteiger partial charge in [-0.15, -0.1) is 0 Å². The van der Waals surface area contributed by atoms with Gasteiger partial charge in [-0.2, -0.15) is 0 Å². The van der Waals surface area contributed by atoms with Crippen LogP contribution in [0, 0.1) is 0 Å². The van der Waals surface area contributed by atoms with Crippen molar-refractivity contribution in [1.82, 2.24) is 31.9 Å². The van der Waals surface area contributed by atoms with Crippen LogP contribution in [0.1, 0.15) is 46.5 Å². The first-order valence-corrected chi connectivity index (χ1v) is 8.57. The topological polar surface area (TPSA) is 88.7 Å². The summed E-state index contributed by atoms with van der Waals surface area (Å²) in [7, 11) is 6.74. The highest BCUT2D eigenvalue weighted by atomic mass is 16.2. The zero-order chi connectivity index (χ0) is 19.8. The van der Waals surface area contributed by atoms with Crippen LogP contribution in [-0.2, 0) is 9.59 Å². The Kier molecular flexibility index (Phi) is 16.1. The van der Waals surface area contributed by atoms with E-state index in [-0.39, 0.29) is 11.8 Å². The molecule has 0 aliphatic heterocycles. The van der Waals surface area contributed by atoms with E-state index >= 15 is 0 Å². The highest BCUT2D eigenvalue weighted by Crippen LogP contribution is 2.03. The molecule has 0 aromatic heterocycles. The second-order valence-corrected chi connectivity index (χ2v) is 5.20. The Morgan fingerprint density at radius 3 is 1.68 bits per heavy atom. The molecule has 0 aromatic carbocycles. The minimum absolute atomic E-state index is 0.0431. The standard InChI is InChI=1S/C9H19N3O.C8H17N3O/c1-5-6-7-8(2)9(13)12(10-3)11-4;1-5-6-7(2)8(12)11(9-3)10-4/h7,10-11H,5-6H2,1-4H3;9-10H,2,5-6H2,1,3-4H3. The summed E-state index contributed by atoms with van der Waals surface area (Å²) in [5, 5.41) is 2.65. The van der Waals surface area contributed by atoms with E-state index in [9.17, 15) is 9.59 Å². The van der Waals surface area contributed by atoms with Crippen molar-refractivity contribution in [3.05, 3.63) is 23.8 Å². The summed E-state index contributed by atoms with van der Waals surface area (Å²) in [5.74, 6) is -0.152. The predicted molar refractivity (Wildman–Crippen MR) is 103 cm³/mol. The molecule has 0 heterocycles.